The van der Waals surface area contributed by atoms with Gasteiger partial charge in [0.05, 0.1) is 11.2 Å². The Kier molecular flexibility index (Phi) is 5.19. The summed E-state index contributed by atoms with van der Waals surface area (Å²) >= 11 is 0. The number of aromatic nitrogens is 1. The van der Waals surface area contributed by atoms with Gasteiger partial charge >= 0.3 is 0 Å². The van der Waals surface area contributed by atoms with Gasteiger partial charge in [-0.25, -0.2) is 0 Å². The summed E-state index contributed by atoms with van der Waals surface area (Å²) in [5.41, 5.74) is 3.16. The van der Waals surface area contributed by atoms with Crippen LogP contribution in [0.2, 0.25) is 0 Å². The normalized spacial score (nSPS) is 14.4. The van der Waals surface area contributed by atoms with E-state index in [-0.39, 0.29) is 5.91 Å². The lowest BCUT2D eigenvalue weighted by Crippen LogP contribution is -2.49. The maximum atomic E-state index is 12.5. The van der Waals surface area contributed by atoms with Gasteiger partial charge in [-0.05, 0) is 24.3 Å². The van der Waals surface area contributed by atoms with Crippen molar-refractivity contribution in [2.75, 3.05) is 42.9 Å². The zero-order valence-corrected chi connectivity index (χ0v) is 15.3. The van der Waals surface area contributed by atoms with Crippen LogP contribution in [-0.2, 0) is 4.79 Å². The summed E-state index contributed by atoms with van der Waals surface area (Å²) in [5.74, 6) is 0.211. The average molecular weight is 360 g/mol. The highest BCUT2D eigenvalue weighted by atomic mass is 16.2. The summed E-state index contributed by atoms with van der Waals surface area (Å²) in [6.07, 6.45) is 2.29. The van der Waals surface area contributed by atoms with Gasteiger partial charge in [0.2, 0.25) is 5.91 Å². The first-order valence-corrected chi connectivity index (χ1v) is 9.47. The monoisotopic (exact) mass is 360 g/mol. The molecule has 0 atom stereocenters. The lowest BCUT2D eigenvalue weighted by Gasteiger charge is -2.36. The lowest BCUT2D eigenvalue weighted by atomic mass is 10.2. The van der Waals surface area contributed by atoms with Crippen molar-refractivity contribution in [3.8, 4) is 0 Å². The highest BCUT2D eigenvalue weighted by Crippen LogP contribution is 2.20. The number of fused-ring (bicyclic) bond motifs is 1. The van der Waals surface area contributed by atoms with Crippen LogP contribution in [0.5, 0.6) is 0 Å². The average Bonchev–Trinajstić information content (AvgIpc) is 2.74. The van der Waals surface area contributed by atoms with Crippen LogP contribution in [0.1, 0.15) is 6.42 Å². The van der Waals surface area contributed by atoms with Crippen molar-refractivity contribution < 1.29 is 4.79 Å². The second-order valence-electron chi connectivity index (χ2n) is 6.76. The number of pyridine rings is 1. The molecule has 1 aliphatic heterocycles. The van der Waals surface area contributed by atoms with Gasteiger partial charge in [0, 0.05) is 56.4 Å². The Morgan fingerprint density at radius 2 is 1.70 bits per heavy atom. The van der Waals surface area contributed by atoms with E-state index in [9.17, 15) is 4.79 Å². The Hall–Kier alpha value is -3.08. The third-order valence-corrected chi connectivity index (χ3v) is 5.04. The minimum absolute atomic E-state index is 0.211. The van der Waals surface area contributed by atoms with Crippen LogP contribution in [0.15, 0.2) is 66.9 Å². The molecule has 1 aromatic heterocycles. The largest absolute Gasteiger partial charge is 0.383 e. The summed E-state index contributed by atoms with van der Waals surface area (Å²) in [6.45, 7) is 3.95. The van der Waals surface area contributed by atoms with Gasteiger partial charge in [-0.3, -0.25) is 9.78 Å². The zero-order chi connectivity index (χ0) is 18.5. The topological polar surface area (TPSA) is 48.5 Å². The van der Waals surface area contributed by atoms with E-state index in [1.54, 1.807) is 6.20 Å². The van der Waals surface area contributed by atoms with Gasteiger partial charge in [0.25, 0.3) is 0 Å². The number of anilines is 2. The highest BCUT2D eigenvalue weighted by Gasteiger charge is 2.20. The number of benzene rings is 2. The standard InChI is InChI=1S/C22H24N4O/c27-21(26-16-14-25(15-17-26)19-8-2-1-3-9-19)11-13-23-20-10-4-6-18-7-5-12-24-22(18)20/h1-10,12,23H,11,13-17H2. The second kappa shape index (κ2) is 8.08. The first-order chi connectivity index (χ1) is 13.3. The van der Waals surface area contributed by atoms with Gasteiger partial charge < -0.3 is 15.1 Å². The minimum Gasteiger partial charge on any atom is -0.383 e. The molecule has 2 aromatic carbocycles. The highest BCUT2D eigenvalue weighted by molar-refractivity contribution is 5.90. The van der Waals surface area contributed by atoms with Crippen molar-refractivity contribution in [1.29, 1.82) is 0 Å². The first-order valence-electron chi connectivity index (χ1n) is 9.47. The van der Waals surface area contributed by atoms with Crippen LogP contribution in [-0.4, -0.2) is 48.5 Å². The van der Waals surface area contributed by atoms with E-state index >= 15 is 0 Å². The Balaban J connectivity index is 1.28. The van der Waals surface area contributed by atoms with E-state index in [0.29, 0.717) is 13.0 Å². The molecule has 0 spiro atoms. The smallest absolute Gasteiger partial charge is 0.224 e. The van der Waals surface area contributed by atoms with Gasteiger partial charge in [0.15, 0.2) is 0 Å². The van der Waals surface area contributed by atoms with Crippen LogP contribution in [0.4, 0.5) is 11.4 Å². The van der Waals surface area contributed by atoms with Gasteiger partial charge in [-0.15, -0.1) is 0 Å². The van der Waals surface area contributed by atoms with E-state index in [1.807, 2.05) is 41.3 Å². The maximum absolute atomic E-state index is 12.5. The molecule has 4 rings (SSSR count). The number of carbonyl (C=O) groups is 1. The number of nitrogens with one attached hydrogen (secondary N) is 1. The van der Waals surface area contributed by atoms with Crippen molar-refractivity contribution in [3.63, 3.8) is 0 Å². The predicted octanol–water partition coefficient (Wildman–Crippen LogP) is 3.39. The quantitative estimate of drug-likeness (QED) is 0.758. The summed E-state index contributed by atoms with van der Waals surface area (Å²) in [5, 5.41) is 4.47. The number of amides is 1. The predicted molar refractivity (Wildman–Crippen MR) is 110 cm³/mol. The van der Waals surface area contributed by atoms with E-state index in [4.69, 9.17) is 0 Å². The fourth-order valence-electron chi connectivity index (χ4n) is 3.56. The van der Waals surface area contributed by atoms with Crippen LogP contribution in [0, 0.1) is 0 Å². The van der Waals surface area contributed by atoms with Crippen LogP contribution >= 0.6 is 0 Å². The van der Waals surface area contributed by atoms with Crippen LogP contribution < -0.4 is 10.2 Å². The molecule has 2 heterocycles. The molecule has 5 nitrogen and oxygen atoms in total. The molecule has 1 aliphatic rings. The third kappa shape index (κ3) is 4.03. The number of nitrogens with zero attached hydrogens (tertiary/aromatic N) is 3. The summed E-state index contributed by atoms with van der Waals surface area (Å²) in [6, 6.07) is 20.4. The molecule has 5 heteroatoms. The van der Waals surface area contributed by atoms with Crippen molar-refractivity contribution in [1.82, 2.24) is 9.88 Å². The molecule has 0 unspecified atom stereocenters. The number of carbonyl (C=O) groups excluding carboxylic acids is 1. The third-order valence-electron chi connectivity index (χ3n) is 5.04. The van der Waals surface area contributed by atoms with E-state index in [1.165, 1.54) is 5.69 Å². The minimum atomic E-state index is 0.211. The fraction of sp³-hybridized carbons (Fsp3) is 0.273. The Bertz CT molecular complexity index is 899. The lowest BCUT2D eigenvalue weighted by molar-refractivity contribution is -0.131. The number of para-hydroxylation sites is 2. The molecule has 0 radical (unpaired) electrons. The zero-order valence-electron chi connectivity index (χ0n) is 15.3. The first kappa shape index (κ1) is 17.3. The molecule has 138 valence electrons. The molecule has 1 fully saturated rings. The Morgan fingerprint density at radius 3 is 2.52 bits per heavy atom. The van der Waals surface area contributed by atoms with E-state index < -0.39 is 0 Å². The van der Waals surface area contributed by atoms with Crippen molar-refractivity contribution in [3.05, 3.63) is 66.9 Å². The number of piperazine rings is 1. The van der Waals surface area contributed by atoms with Gasteiger partial charge in [-0.2, -0.15) is 0 Å². The fourth-order valence-corrected chi connectivity index (χ4v) is 3.56. The molecule has 1 N–H and O–H groups in total. The Labute approximate surface area is 159 Å². The van der Waals surface area contributed by atoms with Crippen molar-refractivity contribution in [2.24, 2.45) is 0 Å². The molecular weight excluding hydrogens is 336 g/mol. The summed E-state index contributed by atoms with van der Waals surface area (Å²) in [4.78, 5) is 21.3. The molecule has 1 saturated heterocycles. The molecule has 0 aliphatic carbocycles. The molecule has 27 heavy (non-hydrogen) atoms. The SMILES string of the molecule is O=C(CCNc1cccc2cccnc12)N1CCN(c2ccccc2)CC1. The summed E-state index contributed by atoms with van der Waals surface area (Å²) < 4.78 is 0. The van der Waals surface area contributed by atoms with Crippen LogP contribution in [0.3, 0.4) is 0 Å². The number of rotatable bonds is 5. The molecule has 0 bridgehead atoms. The Morgan fingerprint density at radius 1 is 0.926 bits per heavy atom. The number of hydrogen-bond donors (Lipinski definition) is 1. The molecule has 0 saturated carbocycles. The second-order valence-corrected chi connectivity index (χ2v) is 6.76. The maximum Gasteiger partial charge on any atom is 0.224 e. The van der Waals surface area contributed by atoms with E-state index in [2.05, 4.69) is 39.5 Å². The van der Waals surface area contributed by atoms with E-state index in [0.717, 1.165) is 42.8 Å². The van der Waals surface area contributed by atoms with Gasteiger partial charge in [0.1, 0.15) is 0 Å². The number of hydrogen-bond acceptors (Lipinski definition) is 4. The van der Waals surface area contributed by atoms with Crippen molar-refractivity contribution in [2.45, 2.75) is 6.42 Å². The van der Waals surface area contributed by atoms with Crippen molar-refractivity contribution >= 4 is 28.2 Å². The molecule has 1 amide bonds. The summed E-state index contributed by atoms with van der Waals surface area (Å²) in [7, 11) is 0. The molecule has 3 aromatic rings. The van der Waals surface area contributed by atoms with Crippen LogP contribution in [0.25, 0.3) is 10.9 Å². The van der Waals surface area contributed by atoms with Gasteiger partial charge in [-0.1, -0.05) is 36.4 Å². The molecular formula is C22H24N4O.